The van der Waals surface area contributed by atoms with E-state index in [9.17, 15) is 31.5 Å². The molecule has 0 aliphatic carbocycles. The molecule has 4 N–H and O–H groups in total. The van der Waals surface area contributed by atoms with Crippen molar-refractivity contribution in [1.29, 1.82) is 0 Å². The van der Waals surface area contributed by atoms with Crippen molar-refractivity contribution >= 4 is 33.3 Å². The van der Waals surface area contributed by atoms with Crippen LogP contribution in [0.15, 0.2) is 53.8 Å². The van der Waals surface area contributed by atoms with Crippen LogP contribution in [0.5, 0.6) is 0 Å². The first-order valence-electron chi connectivity index (χ1n) is 9.45. The Morgan fingerprint density at radius 1 is 1.06 bits per heavy atom. The molecule has 2 heterocycles. The maximum absolute atomic E-state index is 15.2. The number of nitrogens with zero attached hydrogens (tertiary/aromatic N) is 2. The number of aromatic nitrogens is 3. The van der Waals surface area contributed by atoms with Gasteiger partial charge in [0.15, 0.2) is 5.82 Å². The van der Waals surface area contributed by atoms with Crippen LogP contribution in [0.1, 0.15) is 27.2 Å². The maximum atomic E-state index is 15.2. The number of H-pyrrole nitrogens is 1. The van der Waals surface area contributed by atoms with Crippen LogP contribution in [0.2, 0.25) is 0 Å². The Balaban J connectivity index is 1.71. The van der Waals surface area contributed by atoms with Crippen LogP contribution < -0.4 is 4.72 Å². The third-order valence-electron chi connectivity index (χ3n) is 4.98. The molecule has 0 unspecified atom stereocenters. The quantitative estimate of drug-likeness (QED) is 0.201. The summed E-state index contributed by atoms with van der Waals surface area (Å²) in [5.74, 6) is -3.67. The summed E-state index contributed by atoms with van der Waals surface area (Å²) < 4.78 is 90.9. The second-order valence-corrected chi connectivity index (χ2v) is 8.94. The van der Waals surface area contributed by atoms with Crippen molar-refractivity contribution in [2.24, 2.45) is 0 Å². The van der Waals surface area contributed by atoms with E-state index in [0.717, 1.165) is 24.3 Å². The zero-order chi connectivity index (χ0) is 24.8. The molecule has 2 aromatic carbocycles. The highest BCUT2D eigenvalue weighted by Crippen LogP contribution is 2.49. The fourth-order valence-corrected chi connectivity index (χ4v) is 4.42. The van der Waals surface area contributed by atoms with Gasteiger partial charge in [-0.25, -0.2) is 18.7 Å². The van der Waals surface area contributed by atoms with Gasteiger partial charge < -0.3 is 4.98 Å². The van der Waals surface area contributed by atoms with Gasteiger partial charge in [0.2, 0.25) is 5.78 Å². The Kier molecular flexibility index (Phi) is 5.79. The lowest BCUT2D eigenvalue weighted by atomic mass is 10.0. The van der Waals surface area contributed by atoms with Gasteiger partial charge in [-0.2, -0.15) is 13.2 Å². The lowest BCUT2D eigenvalue weighted by molar-refractivity contribution is -0.137. The third-order valence-corrected chi connectivity index (χ3v) is 6.42. The summed E-state index contributed by atoms with van der Waals surface area (Å²) in [6.07, 6.45) is -2.16. The van der Waals surface area contributed by atoms with Crippen LogP contribution in [0.4, 0.5) is 27.6 Å². The minimum absolute atomic E-state index is 0.0996. The first-order chi connectivity index (χ1) is 15.9. The molecule has 4 rings (SSSR count). The average Bonchev–Trinajstić information content (AvgIpc) is 3.21. The topological polar surface area (TPSA) is 111 Å². The maximum Gasteiger partial charge on any atom is 0.416 e. The number of hydrogen-bond acceptors (Lipinski definition) is 6. The highest BCUT2D eigenvalue weighted by atomic mass is 32.3. The molecule has 0 aliphatic heterocycles. The predicted octanol–water partition coefficient (Wildman–Crippen LogP) is 5.93. The van der Waals surface area contributed by atoms with Crippen molar-refractivity contribution in [2.75, 3.05) is 4.72 Å². The summed E-state index contributed by atoms with van der Waals surface area (Å²) in [6, 6.07) is 4.47. The normalized spacial score (nSPS) is 12.7. The number of carbonyl (C=O) groups is 1. The molecular weight excluding hydrogens is 483 g/mol. The van der Waals surface area contributed by atoms with Gasteiger partial charge in [0.1, 0.15) is 17.8 Å². The second kappa shape index (κ2) is 8.34. The van der Waals surface area contributed by atoms with Gasteiger partial charge in [-0.3, -0.25) is 18.6 Å². The number of anilines is 1. The molecule has 0 bridgehead atoms. The van der Waals surface area contributed by atoms with Crippen molar-refractivity contribution < 1.29 is 35.9 Å². The largest absolute Gasteiger partial charge is 0.416 e. The van der Waals surface area contributed by atoms with Crippen molar-refractivity contribution in [2.45, 2.75) is 18.0 Å². The van der Waals surface area contributed by atoms with Crippen LogP contribution in [0, 0.1) is 18.6 Å². The molecule has 0 aliphatic rings. The number of rotatable bonds is 5. The number of fused-ring (bicyclic) bond motifs is 1. The number of alkyl halides is 3. The summed E-state index contributed by atoms with van der Waals surface area (Å²) in [7, 11) is -4.07. The SMILES string of the molecule is Cc1ncnc2[nH]cc(C(=O)c3c(F)ccc(NS(O)(O)c4ccc(C(F)(F)F)cc4)c3F)c12. The van der Waals surface area contributed by atoms with Gasteiger partial charge in [-0.05, 0) is 43.3 Å². The Morgan fingerprint density at radius 3 is 2.38 bits per heavy atom. The number of aromatic amines is 1. The first kappa shape index (κ1) is 23.6. The van der Waals surface area contributed by atoms with Crippen LogP contribution in [-0.4, -0.2) is 29.8 Å². The highest BCUT2D eigenvalue weighted by molar-refractivity contribution is 8.25. The number of aryl methyl sites for hydroxylation is 1. The fraction of sp³-hybridized carbons (Fsp3) is 0.0952. The number of nitrogens with one attached hydrogen (secondary N) is 2. The van der Waals surface area contributed by atoms with Crippen molar-refractivity contribution in [1.82, 2.24) is 15.0 Å². The molecule has 13 heteroatoms. The molecule has 2 aromatic heterocycles. The zero-order valence-electron chi connectivity index (χ0n) is 17.1. The minimum atomic E-state index is -4.64. The first-order valence-corrected chi connectivity index (χ1v) is 11.0. The smallest absolute Gasteiger partial charge is 0.345 e. The summed E-state index contributed by atoms with van der Waals surface area (Å²) >= 11 is 0. The monoisotopic (exact) mass is 498 g/mol. The number of carbonyl (C=O) groups excluding carboxylic acids is 1. The van der Waals surface area contributed by atoms with Crippen LogP contribution >= 0.6 is 10.8 Å². The average molecular weight is 498 g/mol. The van der Waals surface area contributed by atoms with Crippen molar-refractivity contribution in [3.8, 4) is 0 Å². The summed E-state index contributed by atoms with van der Waals surface area (Å²) in [5.41, 5.74) is -2.07. The van der Waals surface area contributed by atoms with E-state index < -0.39 is 51.2 Å². The van der Waals surface area contributed by atoms with E-state index in [2.05, 4.69) is 19.7 Å². The van der Waals surface area contributed by atoms with Crippen LogP contribution in [-0.2, 0) is 6.18 Å². The van der Waals surface area contributed by atoms with E-state index in [-0.39, 0.29) is 21.5 Å². The summed E-state index contributed by atoms with van der Waals surface area (Å²) in [5, 5.41) is 0.263. The lowest BCUT2D eigenvalue weighted by Crippen LogP contribution is -2.14. The van der Waals surface area contributed by atoms with Crippen LogP contribution in [0.25, 0.3) is 11.0 Å². The van der Waals surface area contributed by atoms with E-state index >= 15 is 4.39 Å². The van der Waals surface area contributed by atoms with Gasteiger partial charge >= 0.3 is 6.18 Å². The Labute approximate surface area is 190 Å². The predicted molar refractivity (Wildman–Crippen MR) is 115 cm³/mol. The van der Waals surface area contributed by atoms with E-state index in [4.69, 9.17) is 0 Å². The lowest BCUT2D eigenvalue weighted by Gasteiger charge is -2.34. The Hall–Kier alpha value is -3.55. The van der Waals surface area contributed by atoms with Gasteiger partial charge in [0.05, 0.1) is 38.4 Å². The number of halogens is 5. The molecule has 0 spiro atoms. The molecule has 0 atom stereocenters. The third kappa shape index (κ3) is 4.20. The second-order valence-electron chi connectivity index (χ2n) is 7.17. The summed E-state index contributed by atoms with van der Waals surface area (Å²) in [6.45, 7) is 1.58. The molecule has 4 aromatic rings. The number of ketones is 1. The molecule has 178 valence electrons. The van der Waals surface area contributed by atoms with E-state index in [1.165, 1.54) is 12.5 Å². The summed E-state index contributed by atoms with van der Waals surface area (Å²) in [4.78, 5) is 23.3. The van der Waals surface area contributed by atoms with E-state index in [1.807, 2.05) is 0 Å². The molecule has 0 amide bonds. The molecule has 0 fully saturated rings. The van der Waals surface area contributed by atoms with E-state index in [1.54, 1.807) is 6.92 Å². The van der Waals surface area contributed by atoms with Gasteiger partial charge in [0.25, 0.3) is 0 Å². The van der Waals surface area contributed by atoms with Crippen molar-refractivity contribution in [3.05, 3.63) is 82.9 Å². The highest BCUT2D eigenvalue weighted by Gasteiger charge is 2.31. The standard InChI is InChI=1S/C21H15F5N4O3S/c1-10-16-13(8-27-20(16)29-9-28-10)19(31)17-14(22)6-7-15(18(17)23)30-34(32,33)12-4-2-11(3-5-12)21(24,25)26/h2-9,30,32-33H,1H3,(H,27,28,29). The molecule has 0 saturated carbocycles. The Morgan fingerprint density at radius 2 is 1.74 bits per heavy atom. The minimum Gasteiger partial charge on any atom is -0.345 e. The zero-order valence-corrected chi connectivity index (χ0v) is 17.9. The number of benzene rings is 2. The van der Waals surface area contributed by atoms with Gasteiger partial charge in [-0.15, -0.1) is 0 Å². The molecule has 7 nitrogen and oxygen atoms in total. The Bertz CT molecular complexity index is 1400. The molecule has 0 saturated heterocycles. The van der Waals surface area contributed by atoms with E-state index in [0.29, 0.717) is 17.8 Å². The molecule has 34 heavy (non-hydrogen) atoms. The number of hydrogen-bond donors (Lipinski definition) is 4. The molecule has 0 radical (unpaired) electrons. The van der Waals surface area contributed by atoms with Gasteiger partial charge in [0, 0.05) is 6.20 Å². The van der Waals surface area contributed by atoms with Gasteiger partial charge in [-0.1, -0.05) is 10.8 Å². The fourth-order valence-electron chi connectivity index (χ4n) is 3.32. The van der Waals surface area contributed by atoms with Crippen molar-refractivity contribution in [3.63, 3.8) is 0 Å². The van der Waals surface area contributed by atoms with Crippen LogP contribution in [0.3, 0.4) is 0 Å². The molecular formula is C21H15F5N4O3S.